The van der Waals surface area contributed by atoms with Gasteiger partial charge >= 0.3 is 0 Å². The minimum absolute atomic E-state index is 0.138. The fourth-order valence-electron chi connectivity index (χ4n) is 0.903. The van der Waals surface area contributed by atoms with Crippen molar-refractivity contribution in [2.24, 2.45) is 0 Å². The maximum atomic E-state index is 4.43. The van der Waals surface area contributed by atoms with E-state index < -0.39 is 0 Å². The van der Waals surface area contributed by atoms with Crippen LogP contribution in [-0.4, -0.2) is 9.97 Å². The molecular weight excluding hydrogens is 136 g/mol. The Morgan fingerprint density at radius 3 is 1.91 bits per heavy atom. The van der Waals surface area contributed by atoms with Gasteiger partial charge in [-0.25, -0.2) is 4.98 Å². The standard InChI is InChI=1S/C9H16N2/c1-6-7(2)11-8(10-6)9(3,4)5/h1-5H3,(H,10,11). The summed E-state index contributed by atoms with van der Waals surface area (Å²) in [6.45, 7) is 10.6. The summed E-state index contributed by atoms with van der Waals surface area (Å²) in [7, 11) is 0. The van der Waals surface area contributed by atoms with E-state index in [1.54, 1.807) is 0 Å². The maximum absolute atomic E-state index is 4.43. The van der Waals surface area contributed by atoms with Crippen LogP contribution < -0.4 is 0 Å². The maximum Gasteiger partial charge on any atom is 0.111 e. The summed E-state index contributed by atoms with van der Waals surface area (Å²) < 4.78 is 0. The molecule has 0 unspecified atom stereocenters. The van der Waals surface area contributed by atoms with E-state index in [0.717, 1.165) is 11.5 Å². The van der Waals surface area contributed by atoms with Gasteiger partial charge < -0.3 is 4.98 Å². The molecule has 1 rings (SSSR count). The van der Waals surface area contributed by atoms with Crippen LogP contribution in [0.5, 0.6) is 0 Å². The lowest BCUT2D eigenvalue weighted by Gasteiger charge is -2.13. The Kier molecular flexibility index (Phi) is 1.78. The van der Waals surface area contributed by atoms with Gasteiger partial charge in [-0.1, -0.05) is 20.8 Å². The second-order valence-corrected chi connectivity index (χ2v) is 4.05. The van der Waals surface area contributed by atoms with Crippen LogP contribution in [0.2, 0.25) is 0 Å². The molecule has 0 radical (unpaired) electrons. The number of aryl methyl sites for hydroxylation is 2. The molecule has 0 saturated heterocycles. The van der Waals surface area contributed by atoms with Gasteiger partial charge in [0.2, 0.25) is 0 Å². The van der Waals surface area contributed by atoms with Crippen molar-refractivity contribution < 1.29 is 0 Å². The van der Waals surface area contributed by atoms with Crippen molar-refractivity contribution in [3.63, 3.8) is 0 Å². The van der Waals surface area contributed by atoms with Crippen LogP contribution in [0.1, 0.15) is 38.0 Å². The van der Waals surface area contributed by atoms with Gasteiger partial charge in [0.1, 0.15) is 5.82 Å². The Labute approximate surface area is 68.0 Å². The third kappa shape index (κ3) is 1.62. The summed E-state index contributed by atoms with van der Waals surface area (Å²) in [5.74, 6) is 1.08. The average Bonchev–Trinajstić information content (AvgIpc) is 2.11. The van der Waals surface area contributed by atoms with Crippen LogP contribution in [0.15, 0.2) is 0 Å². The van der Waals surface area contributed by atoms with Crippen molar-refractivity contribution >= 4 is 0 Å². The Morgan fingerprint density at radius 2 is 1.73 bits per heavy atom. The van der Waals surface area contributed by atoms with E-state index in [9.17, 15) is 0 Å². The predicted molar refractivity (Wildman–Crippen MR) is 46.8 cm³/mol. The molecule has 1 heterocycles. The topological polar surface area (TPSA) is 28.7 Å². The lowest BCUT2D eigenvalue weighted by Crippen LogP contribution is -2.13. The van der Waals surface area contributed by atoms with E-state index in [1.807, 2.05) is 6.92 Å². The number of rotatable bonds is 0. The van der Waals surface area contributed by atoms with E-state index in [0.29, 0.717) is 0 Å². The molecule has 0 bridgehead atoms. The molecule has 11 heavy (non-hydrogen) atoms. The van der Waals surface area contributed by atoms with Gasteiger partial charge in [0, 0.05) is 11.1 Å². The largest absolute Gasteiger partial charge is 0.345 e. The van der Waals surface area contributed by atoms with E-state index in [2.05, 4.69) is 37.7 Å². The normalized spacial score (nSPS) is 12.1. The predicted octanol–water partition coefficient (Wildman–Crippen LogP) is 2.32. The van der Waals surface area contributed by atoms with Crippen LogP contribution in [0.3, 0.4) is 0 Å². The number of H-pyrrole nitrogens is 1. The van der Waals surface area contributed by atoms with Crippen molar-refractivity contribution in [2.75, 3.05) is 0 Å². The molecular formula is C9H16N2. The molecule has 0 aliphatic heterocycles. The zero-order chi connectivity index (χ0) is 8.65. The molecule has 0 amide bonds. The highest BCUT2D eigenvalue weighted by atomic mass is 14.9. The number of nitrogens with one attached hydrogen (secondary N) is 1. The van der Waals surface area contributed by atoms with Crippen LogP contribution in [0, 0.1) is 13.8 Å². The second-order valence-electron chi connectivity index (χ2n) is 4.05. The number of nitrogens with zero attached hydrogens (tertiary/aromatic N) is 1. The van der Waals surface area contributed by atoms with Crippen molar-refractivity contribution in [1.29, 1.82) is 0 Å². The van der Waals surface area contributed by atoms with Crippen LogP contribution in [-0.2, 0) is 5.41 Å². The van der Waals surface area contributed by atoms with Crippen molar-refractivity contribution in [2.45, 2.75) is 40.0 Å². The molecule has 0 atom stereocenters. The first-order valence-electron chi connectivity index (χ1n) is 3.95. The Morgan fingerprint density at radius 1 is 1.18 bits per heavy atom. The van der Waals surface area contributed by atoms with Crippen molar-refractivity contribution in [3.8, 4) is 0 Å². The third-order valence-electron chi connectivity index (χ3n) is 1.84. The molecule has 2 nitrogen and oxygen atoms in total. The van der Waals surface area contributed by atoms with Crippen molar-refractivity contribution in [3.05, 3.63) is 17.2 Å². The fourth-order valence-corrected chi connectivity index (χ4v) is 0.903. The van der Waals surface area contributed by atoms with Gasteiger partial charge in [0.05, 0.1) is 5.69 Å². The first kappa shape index (κ1) is 8.31. The highest BCUT2D eigenvalue weighted by Gasteiger charge is 2.17. The zero-order valence-electron chi connectivity index (χ0n) is 7.95. The minimum Gasteiger partial charge on any atom is -0.345 e. The molecule has 0 fully saturated rings. The van der Waals surface area contributed by atoms with Crippen LogP contribution in [0.4, 0.5) is 0 Å². The van der Waals surface area contributed by atoms with Gasteiger partial charge in [0.25, 0.3) is 0 Å². The van der Waals surface area contributed by atoms with Crippen LogP contribution in [0.25, 0.3) is 0 Å². The van der Waals surface area contributed by atoms with Gasteiger partial charge in [-0.2, -0.15) is 0 Å². The third-order valence-corrected chi connectivity index (χ3v) is 1.84. The molecule has 62 valence electrons. The van der Waals surface area contributed by atoms with E-state index in [-0.39, 0.29) is 5.41 Å². The quantitative estimate of drug-likeness (QED) is 0.607. The average molecular weight is 152 g/mol. The summed E-state index contributed by atoms with van der Waals surface area (Å²) in [6, 6.07) is 0. The van der Waals surface area contributed by atoms with Gasteiger partial charge in [-0.15, -0.1) is 0 Å². The van der Waals surface area contributed by atoms with Crippen molar-refractivity contribution in [1.82, 2.24) is 9.97 Å². The first-order valence-corrected chi connectivity index (χ1v) is 3.95. The molecule has 1 aromatic rings. The lowest BCUT2D eigenvalue weighted by atomic mass is 9.96. The molecule has 0 aromatic carbocycles. The lowest BCUT2D eigenvalue weighted by molar-refractivity contribution is 0.551. The highest BCUT2D eigenvalue weighted by Crippen LogP contribution is 2.19. The smallest absolute Gasteiger partial charge is 0.111 e. The Balaban J connectivity index is 3.08. The molecule has 0 spiro atoms. The highest BCUT2D eigenvalue weighted by molar-refractivity contribution is 5.15. The summed E-state index contributed by atoms with van der Waals surface area (Å²) in [5.41, 5.74) is 2.42. The number of imidazole rings is 1. The number of aromatic nitrogens is 2. The summed E-state index contributed by atoms with van der Waals surface area (Å²) in [6.07, 6.45) is 0. The number of hydrogen-bond acceptors (Lipinski definition) is 1. The molecule has 1 N–H and O–H groups in total. The SMILES string of the molecule is Cc1nc(C(C)(C)C)[nH]c1C. The second kappa shape index (κ2) is 2.36. The van der Waals surface area contributed by atoms with Gasteiger partial charge in [-0.05, 0) is 13.8 Å². The molecule has 0 saturated carbocycles. The fraction of sp³-hybridized carbons (Fsp3) is 0.667. The number of aromatic amines is 1. The summed E-state index contributed by atoms with van der Waals surface area (Å²) in [4.78, 5) is 7.70. The van der Waals surface area contributed by atoms with Gasteiger partial charge in [-0.3, -0.25) is 0 Å². The Hall–Kier alpha value is -0.790. The number of hydrogen-bond donors (Lipinski definition) is 1. The monoisotopic (exact) mass is 152 g/mol. The zero-order valence-corrected chi connectivity index (χ0v) is 7.95. The Bertz CT molecular complexity index is 234. The van der Waals surface area contributed by atoms with E-state index in [4.69, 9.17) is 0 Å². The first-order chi connectivity index (χ1) is 4.91. The van der Waals surface area contributed by atoms with E-state index >= 15 is 0 Å². The summed E-state index contributed by atoms with van der Waals surface area (Å²) >= 11 is 0. The minimum atomic E-state index is 0.138. The molecule has 0 aliphatic carbocycles. The molecule has 1 aromatic heterocycles. The van der Waals surface area contributed by atoms with Gasteiger partial charge in [0.15, 0.2) is 0 Å². The summed E-state index contributed by atoms with van der Waals surface area (Å²) in [5, 5.41) is 0. The van der Waals surface area contributed by atoms with Crippen LogP contribution >= 0.6 is 0 Å². The molecule has 2 heteroatoms. The molecule has 0 aliphatic rings. The van der Waals surface area contributed by atoms with E-state index in [1.165, 1.54) is 5.69 Å².